The smallest absolute Gasteiger partial charge is 0.241 e. The maximum absolute atomic E-state index is 12.4. The van der Waals surface area contributed by atoms with Crippen LogP contribution in [0.15, 0.2) is 48.5 Å². The first-order chi connectivity index (χ1) is 12.4. The Balaban J connectivity index is 1.88. The Kier molecular flexibility index (Phi) is 7.00. The molecule has 2 amide bonds. The Bertz CT molecular complexity index is 765. The molecular weight excluding hydrogens is 354 g/mol. The van der Waals surface area contributed by atoms with E-state index in [-0.39, 0.29) is 18.4 Å². The van der Waals surface area contributed by atoms with E-state index in [1.165, 1.54) is 0 Å². The van der Waals surface area contributed by atoms with E-state index >= 15 is 0 Å². The van der Waals surface area contributed by atoms with Gasteiger partial charge < -0.3 is 15.4 Å². The number of ether oxygens (including phenoxy) is 1. The Morgan fingerprint density at radius 3 is 2.38 bits per heavy atom. The van der Waals surface area contributed by atoms with E-state index < -0.39 is 6.04 Å². The van der Waals surface area contributed by atoms with Gasteiger partial charge in [-0.2, -0.15) is 0 Å². The molecule has 2 N–H and O–H groups in total. The highest BCUT2D eigenvalue weighted by atomic mass is 35.5. The summed E-state index contributed by atoms with van der Waals surface area (Å²) in [4.78, 5) is 26.2. The van der Waals surface area contributed by atoms with Gasteiger partial charge in [0, 0.05) is 5.69 Å². The van der Waals surface area contributed by atoms with Crippen LogP contribution in [-0.2, 0) is 9.59 Å². The first kappa shape index (κ1) is 19.8. The van der Waals surface area contributed by atoms with Crippen molar-refractivity contribution in [3.8, 4) is 5.75 Å². The van der Waals surface area contributed by atoms with Crippen molar-refractivity contribution in [1.29, 1.82) is 0 Å². The SMILES string of the molecule is COc1ccc(NC(=O)C(C)N(C)CC(=O)Nc2ccccc2Cl)cc1. The molecule has 0 aliphatic carbocycles. The minimum Gasteiger partial charge on any atom is -0.497 e. The van der Waals surface area contributed by atoms with Gasteiger partial charge >= 0.3 is 0 Å². The van der Waals surface area contributed by atoms with E-state index in [1.54, 1.807) is 74.5 Å². The summed E-state index contributed by atoms with van der Waals surface area (Å²) in [5.74, 6) is 0.261. The first-order valence-corrected chi connectivity index (χ1v) is 8.48. The zero-order chi connectivity index (χ0) is 19.1. The lowest BCUT2D eigenvalue weighted by Crippen LogP contribution is -2.43. The van der Waals surface area contributed by atoms with Crippen LogP contribution >= 0.6 is 11.6 Å². The molecule has 0 spiro atoms. The number of para-hydroxylation sites is 1. The number of hydrogen-bond acceptors (Lipinski definition) is 4. The Morgan fingerprint density at radius 1 is 1.12 bits per heavy atom. The lowest BCUT2D eigenvalue weighted by Gasteiger charge is -2.23. The molecule has 7 heteroatoms. The lowest BCUT2D eigenvalue weighted by molar-refractivity contribution is -0.122. The second-order valence-electron chi connectivity index (χ2n) is 5.84. The molecule has 0 saturated carbocycles. The third kappa shape index (κ3) is 5.47. The van der Waals surface area contributed by atoms with E-state index in [1.807, 2.05) is 0 Å². The normalized spacial score (nSPS) is 11.7. The molecule has 1 unspecified atom stereocenters. The largest absolute Gasteiger partial charge is 0.497 e. The van der Waals surface area contributed by atoms with E-state index in [0.717, 1.165) is 0 Å². The number of carbonyl (C=O) groups is 2. The van der Waals surface area contributed by atoms with Gasteiger partial charge in [-0.05, 0) is 50.4 Å². The molecule has 0 aliphatic rings. The van der Waals surface area contributed by atoms with Gasteiger partial charge in [0.1, 0.15) is 5.75 Å². The number of nitrogens with zero attached hydrogens (tertiary/aromatic N) is 1. The van der Waals surface area contributed by atoms with E-state index in [4.69, 9.17) is 16.3 Å². The Morgan fingerprint density at radius 2 is 1.77 bits per heavy atom. The van der Waals surface area contributed by atoms with E-state index in [2.05, 4.69) is 10.6 Å². The second kappa shape index (κ2) is 9.22. The van der Waals surface area contributed by atoms with Gasteiger partial charge in [-0.1, -0.05) is 23.7 Å². The molecule has 0 aromatic heterocycles. The summed E-state index contributed by atoms with van der Waals surface area (Å²) in [5, 5.41) is 6.02. The average molecular weight is 376 g/mol. The number of benzene rings is 2. The number of amides is 2. The van der Waals surface area contributed by atoms with Crippen LogP contribution in [0.5, 0.6) is 5.75 Å². The molecule has 6 nitrogen and oxygen atoms in total. The minimum absolute atomic E-state index is 0.0580. The van der Waals surface area contributed by atoms with Crippen molar-refractivity contribution in [3.05, 3.63) is 53.6 Å². The van der Waals surface area contributed by atoms with Crippen molar-refractivity contribution in [2.75, 3.05) is 31.3 Å². The highest BCUT2D eigenvalue weighted by Gasteiger charge is 2.20. The Labute approximate surface area is 158 Å². The molecule has 26 heavy (non-hydrogen) atoms. The quantitative estimate of drug-likeness (QED) is 0.779. The molecule has 0 aliphatic heterocycles. The maximum Gasteiger partial charge on any atom is 0.241 e. The van der Waals surface area contributed by atoms with Crippen LogP contribution in [0, 0.1) is 0 Å². The number of likely N-dealkylation sites (N-methyl/N-ethyl adjacent to an activating group) is 1. The Hall–Kier alpha value is -2.57. The molecule has 0 saturated heterocycles. The topological polar surface area (TPSA) is 70.7 Å². The number of hydrogen-bond donors (Lipinski definition) is 2. The van der Waals surface area contributed by atoms with Crippen molar-refractivity contribution in [3.63, 3.8) is 0 Å². The lowest BCUT2D eigenvalue weighted by atomic mass is 10.2. The number of methoxy groups -OCH3 is 1. The summed E-state index contributed by atoms with van der Waals surface area (Å²) in [6, 6.07) is 13.6. The third-order valence-corrected chi connectivity index (χ3v) is 4.27. The highest BCUT2D eigenvalue weighted by Crippen LogP contribution is 2.20. The fourth-order valence-corrected chi connectivity index (χ4v) is 2.42. The number of nitrogens with one attached hydrogen (secondary N) is 2. The fraction of sp³-hybridized carbons (Fsp3) is 0.263. The zero-order valence-corrected chi connectivity index (χ0v) is 15.7. The molecule has 0 bridgehead atoms. The van der Waals surface area contributed by atoms with Gasteiger partial charge in [-0.15, -0.1) is 0 Å². The summed E-state index contributed by atoms with van der Waals surface area (Å²) in [7, 11) is 3.29. The monoisotopic (exact) mass is 375 g/mol. The molecule has 0 radical (unpaired) electrons. The van der Waals surface area contributed by atoms with Crippen LogP contribution in [0.3, 0.4) is 0 Å². The number of anilines is 2. The van der Waals surface area contributed by atoms with Crippen molar-refractivity contribution >= 4 is 34.8 Å². The average Bonchev–Trinajstić information content (AvgIpc) is 2.63. The van der Waals surface area contributed by atoms with Crippen molar-refractivity contribution in [1.82, 2.24) is 4.90 Å². The second-order valence-corrected chi connectivity index (χ2v) is 6.24. The van der Waals surface area contributed by atoms with Gasteiger partial charge in [-0.3, -0.25) is 14.5 Å². The van der Waals surface area contributed by atoms with Crippen LogP contribution in [-0.4, -0.2) is 43.5 Å². The van der Waals surface area contributed by atoms with Crippen LogP contribution in [0.25, 0.3) is 0 Å². The summed E-state index contributed by atoms with van der Waals surface area (Å²) in [6.07, 6.45) is 0. The van der Waals surface area contributed by atoms with E-state index in [9.17, 15) is 9.59 Å². The molecule has 2 rings (SSSR count). The summed E-state index contributed by atoms with van der Waals surface area (Å²) in [6.45, 7) is 1.80. The molecule has 2 aromatic carbocycles. The predicted octanol–water partition coefficient (Wildman–Crippen LogP) is 3.25. The molecular formula is C19H22ClN3O3. The zero-order valence-electron chi connectivity index (χ0n) is 15.0. The molecule has 0 fully saturated rings. The van der Waals surface area contributed by atoms with Gasteiger partial charge in [-0.25, -0.2) is 0 Å². The van der Waals surface area contributed by atoms with E-state index in [0.29, 0.717) is 22.1 Å². The fourth-order valence-electron chi connectivity index (χ4n) is 2.24. The van der Waals surface area contributed by atoms with Crippen molar-refractivity contribution < 1.29 is 14.3 Å². The van der Waals surface area contributed by atoms with Gasteiger partial charge in [0.15, 0.2) is 0 Å². The van der Waals surface area contributed by atoms with Gasteiger partial charge in [0.2, 0.25) is 11.8 Å². The number of halogens is 1. The standard InChI is InChI=1S/C19H22ClN3O3/c1-13(19(25)21-14-8-10-15(26-3)11-9-14)23(2)12-18(24)22-17-7-5-4-6-16(17)20/h4-11,13H,12H2,1-3H3,(H,21,25)(H,22,24). The maximum atomic E-state index is 12.4. The van der Waals surface area contributed by atoms with Crippen molar-refractivity contribution in [2.45, 2.75) is 13.0 Å². The molecule has 2 aromatic rings. The first-order valence-electron chi connectivity index (χ1n) is 8.10. The van der Waals surface area contributed by atoms with Crippen molar-refractivity contribution in [2.24, 2.45) is 0 Å². The highest BCUT2D eigenvalue weighted by molar-refractivity contribution is 6.33. The summed E-state index contributed by atoms with van der Waals surface area (Å²) >= 11 is 6.03. The predicted molar refractivity (Wildman–Crippen MR) is 104 cm³/mol. The van der Waals surface area contributed by atoms with Gasteiger partial charge in [0.25, 0.3) is 0 Å². The number of carbonyl (C=O) groups excluding carboxylic acids is 2. The van der Waals surface area contributed by atoms with Gasteiger partial charge in [0.05, 0.1) is 30.4 Å². The molecule has 138 valence electrons. The van der Waals surface area contributed by atoms with Crippen LogP contribution in [0.4, 0.5) is 11.4 Å². The number of rotatable bonds is 7. The third-order valence-electron chi connectivity index (χ3n) is 3.94. The molecule has 0 heterocycles. The molecule has 1 atom stereocenters. The van der Waals surface area contributed by atoms with Crippen LogP contribution in [0.2, 0.25) is 5.02 Å². The van der Waals surface area contributed by atoms with Crippen LogP contribution in [0.1, 0.15) is 6.92 Å². The summed E-state index contributed by atoms with van der Waals surface area (Å²) in [5.41, 5.74) is 1.21. The minimum atomic E-state index is -0.492. The summed E-state index contributed by atoms with van der Waals surface area (Å²) < 4.78 is 5.09. The van der Waals surface area contributed by atoms with Crippen LogP contribution < -0.4 is 15.4 Å².